The number of rotatable bonds is 2. The first-order valence-corrected chi connectivity index (χ1v) is 5.87. The van der Waals surface area contributed by atoms with Crippen LogP contribution in [0.3, 0.4) is 0 Å². The molecule has 0 aliphatic rings. The van der Waals surface area contributed by atoms with E-state index in [1.54, 1.807) is 6.07 Å². The third-order valence-corrected chi connectivity index (χ3v) is 3.04. The maximum Gasteiger partial charge on any atom is 0.337 e. The van der Waals surface area contributed by atoms with Gasteiger partial charge < -0.3 is 10.1 Å². The predicted molar refractivity (Wildman–Crippen MR) is 71.3 cm³/mol. The molecule has 0 aliphatic heterocycles. The molecule has 1 aromatic carbocycles. The summed E-state index contributed by atoms with van der Waals surface area (Å²) in [5.74, 6) is -0.459. The van der Waals surface area contributed by atoms with Gasteiger partial charge in [-0.05, 0) is 18.2 Å². The number of carbonyl (C=O) groups is 1. The van der Waals surface area contributed by atoms with E-state index in [4.69, 9.17) is 16.7 Å². The number of hydrogen-bond acceptors (Lipinski definition) is 3. The fourth-order valence-electron chi connectivity index (χ4n) is 1.80. The minimum absolute atomic E-state index is 0.113. The molecule has 3 rings (SSSR count). The summed E-state index contributed by atoms with van der Waals surface area (Å²) >= 11 is 6.09. The van der Waals surface area contributed by atoms with Gasteiger partial charge in [0.25, 0.3) is 0 Å². The largest absolute Gasteiger partial charge is 0.478 e. The van der Waals surface area contributed by atoms with Gasteiger partial charge in [-0.15, -0.1) is 0 Å². The summed E-state index contributed by atoms with van der Waals surface area (Å²) in [5.41, 5.74) is 1.88. The summed E-state index contributed by atoms with van der Waals surface area (Å²) in [7, 11) is 0. The van der Waals surface area contributed by atoms with Crippen LogP contribution in [-0.2, 0) is 0 Å². The molecule has 0 aliphatic carbocycles. The van der Waals surface area contributed by atoms with E-state index in [2.05, 4.69) is 15.0 Å². The Hall–Kier alpha value is -2.40. The molecule has 0 saturated carbocycles. The van der Waals surface area contributed by atoms with E-state index in [1.165, 1.54) is 12.3 Å². The second-order valence-electron chi connectivity index (χ2n) is 3.97. The number of nitrogens with zero attached hydrogens (tertiary/aromatic N) is 2. The highest BCUT2D eigenvalue weighted by molar-refractivity contribution is 6.33. The lowest BCUT2D eigenvalue weighted by Gasteiger charge is -1.98. The Kier molecular flexibility index (Phi) is 2.68. The van der Waals surface area contributed by atoms with Gasteiger partial charge in [-0.25, -0.2) is 14.8 Å². The Bertz CT molecular complexity index is 782. The highest BCUT2D eigenvalue weighted by Gasteiger charge is 2.11. The molecule has 6 heteroatoms. The molecule has 0 amide bonds. The van der Waals surface area contributed by atoms with Gasteiger partial charge >= 0.3 is 5.97 Å². The van der Waals surface area contributed by atoms with Crippen LogP contribution < -0.4 is 0 Å². The monoisotopic (exact) mass is 273 g/mol. The molecule has 0 atom stereocenters. The molecule has 2 heterocycles. The van der Waals surface area contributed by atoms with Crippen LogP contribution in [0.4, 0.5) is 0 Å². The summed E-state index contributed by atoms with van der Waals surface area (Å²) in [6.07, 6.45) is 1.28. The van der Waals surface area contributed by atoms with Crippen molar-refractivity contribution < 1.29 is 9.90 Å². The number of fused-ring (bicyclic) bond motifs is 1. The molecule has 94 valence electrons. The van der Waals surface area contributed by atoms with Gasteiger partial charge in [0.1, 0.15) is 5.82 Å². The molecule has 5 nitrogen and oxygen atoms in total. The van der Waals surface area contributed by atoms with Crippen molar-refractivity contribution in [2.75, 3.05) is 0 Å². The van der Waals surface area contributed by atoms with E-state index in [-0.39, 0.29) is 5.56 Å². The van der Waals surface area contributed by atoms with Crippen molar-refractivity contribution in [3.63, 3.8) is 0 Å². The fourth-order valence-corrected chi connectivity index (χ4v) is 2.02. The molecule has 3 aromatic rings. The molecular weight excluding hydrogens is 266 g/mol. The number of H-pyrrole nitrogens is 1. The van der Waals surface area contributed by atoms with Gasteiger partial charge in [0.2, 0.25) is 0 Å². The predicted octanol–water partition coefficient (Wildman–Crippen LogP) is 2.98. The summed E-state index contributed by atoms with van der Waals surface area (Å²) in [4.78, 5) is 22.2. The maximum atomic E-state index is 10.9. The Balaban J connectivity index is 2.17. The number of aromatic amines is 1. The molecule has 0 unspecified atom stereocenters. The molecule has 0 bridgehead atoms. The summed E-state index contributed by atoms with van der Waals surface area (Å²) < 4.78 is 0. The fraction of sp³-hybridized carbons (Fsp3) is 0. The van der Waals surface area contributed by atoms with Crippen LogP contribution in [0.5, 0.6) is 0 Å². The van der Waals surface area contributed by atoms with Gasteiger partial charge in [-0.3, -0.25) is 0 Å². The first kappa shape index (κ1) is 11.7. The number of hydrogen-bond donors (Lipinski definition) is 2. The van der Waals surface area contributed by atoms with Gasteiger partial charge in [0.15, 0.2) is 5.65 Å². The minimum Gasteiger partial charge on any atom is -0.478 e. The zero-order valence-electron chi connectivity index (χ0n) is 9.59. The quantitative estimate of drug-likeness (QED) is 0.752. The average molecular weight is 274 g/mol. The molecule has 0 radical (unpaired) electrons. The molecule has 2 N–H and O–H groups in total. The number of pyridine rings is 1. The van der Waals surface area contributed by atoms with E-state index >= 15 is 0 Å². The summed E-state index contributed by atoms with van der Waals surface area (Å²) in [6.45, 7) is 0. The maximum absolute atomic E-state index is 10.9. The Labute approximate surface area is 112 Å². The van der Waals surface area contributed by atoms with Crippen LogP contribution in [0.2, 0.25) is 5.02 Å². The van der Waals surface area contributed by atoms with E-state index in [9.17, 15) is 4.79 Å². The summed E-state index contributed by atoms with van der Waals surface area (Å²) in [5, 5.41) is 9.49. The van der Waals surface area contributed by atoms with Crippen molar-refractivity contribution in [2.24, 2.45) is 0 Å². The second-order valence-corrected chi connectivity index (χ2v) is 4.37. The first-order valence-electron chi connectivity index (χ1n) is 5.49. The van der Waals surface area contributed by atoms with Crippen molar-refractivity contribution in [3.05, 3.63) is 47.1 Å². The summed E-state index contributed by atoms with van der Waals surface area (Å²) in [6, 6.07) is 8.77. The number of benzene rings is 1. The molecule has 19 heavy (non-hydrogen) atoms. The Morgan fingerprint density at radius 1 is 1.32 bits per heavy atom. The number of aromatic carboxylic acids is 1. The highest BCUT2D eigenvalue weighted by Crippen LogP contribution is 2.26. The smallest absolute Gasteiger partial charge is 0.337 e. The highest BCUT2D eigenvalue weighted by atomic mass is 35.5. The third-order valence-electron chi connectivity index (χ3n) is 2.71. The molecular formula is C13H8ClN3O2. The topological polar surface area (TPSA) is 78.9 Å². The van der Waals surface area contributed by atoms with Crippen LogP contribution in [-0.4, -0.2) is 26.0 Å². The van der Waals surface area contributed by atoms with Gasteiger partial charge in [-0.2, -0.15) is 0 Å². The van der Waals surface area contributed by atoms with Crippen molar-refractivity contribution in [1.82, 2.24) is 15.0 Å². The van der Waals surface area contributed by atoms with Gasteiger partial charge in [0, 0.05) is 11.8 Å². The number of carboxylic acid groups (broad SMARTS) is 1. The second kappa shape index (κ2) is 4.37. The van der Waals surface area contributed by atoms with Gasteiger partial charge in [-0.1, -0.05) is 23.7 Å². The van der Waals surface area contributed by atoms with Crippen molar-refractivity contribution in [1.29, 1.82) is 0 Å². The van der Waals surface area contributed by atoms with Crippen LogP contribution >= 0.6 is 11.6 Å². The minimum atomic E-state index is -1.02. The Morgan fingerprint density at radius 3 is 2.84 bits per heavy atom. The van der Waals surface area contributed by atoms with E-state index in [0.717, 1.165) is 5.56 Å². The third kappa shape index (κ3) is 2.04. The lowest BCUT2D eigenvalue weighted by Crippen LogP contribution is -1.96. The number of carboxylic acids is 1. The van der Waals surface area contributed by atoms with Crippen LogP contribution in [0.15, 0.2) is 36.5 Å². The van der Waals surface area contributed by atoms with Crippen molar-refractivity contribution in [2.45, 2.75) is 0 Å². The SMILES string of the molecule is O=C(O)c1cnc2nc(-c3ccccc3Cl)[nH]c2c1. The average Bonchev–Trinajstić information content (AvgIpc) is 2.81. The Morgan fingerprint density at radius 2 is 2.11 bits per heavy atom. The molecule has 0 saturated heterocycles. The van der Waals surface area contributed by atoms with Crippen molar-refractivity contribution in [3.8, 4) is 11.4 Å². The lowest BCUT2D eigenvalue weighted by molar-refractivity contribution is 0.0696. The van der Waals surface area contributed by atoms with Crippen LogP contribution in [0.25, 0.3) is 22.6 Å². The van der Waals surface area contributed by atoms with E-state index < -0.39 is 5.97 Å². The number of halogens is 1. The molecule has 0 spiro atoms. The zero-order valence-corrected chi connectivity index (χ0v) is 10.3. The van der Waals surface area contributed by atoms with Crippen LogP contribution in [0.1, 0.15) is 10.4 Å². The lowest BCUT2D eigenvalue weighted by atomic mass is 10.2. The standard InChI is InChI=1S/C13H8ClN3O2/c14-9-4-2-1-3-8(9)11-16-10-5-7(13(18)19)6-15-12(10)17-11/h1-6H,(H,18,19)(H,15,16,17). The van der Waals surface area contributed by atoms with E-state index in [0.29, 0.717) is 22.0 Å². The van der Waals surface area contributed by atoms with Crippen molar-refractivity contribution >= 4 is 28.7 Å². The van der Waals surface area contributed by atoms with Crippen LogP contribution in [0, 0.1) is 0 Å². The normalized spacial score (nSPS) is 10.8. The number of aromatic nitrogens is 3. The van der Waals surface area contributed by atoms with Gasteiger partial charge in [0.05, 0.1) is 16.1 Å². The molecule has 2 aromatic heterocycles. The van der Waals surface area contributed by atoms with E-state index in [1.807, 2.05) is 18.2 Å². The molecule has 0 fully saturated rings. The number of nitrogens with one attached hydrogen (secondary N) is 1. The number of imidazole rings is 1. The zero-order chi connectivity index (χ0) is 13.4. The first-order chi connectivity index (χ1) is 9.15.